The maximum Gasteiger partial charge on any atom is 0.249 e. The van der Waals surface area contributed by atoms with E-state index in [0.717, 1.165) is 83.8 Å². The minimum Gasteiger partial charge on any atom is -0.387 e. The number of amides is 2. The van der Waals surface area contributed by atoms with Gasteiger partial charge in [-0.25, -0.2) is 9.97 Å². The van der Waals surface area contributed by atoms with Crippen molar-refractivity contribution < 1.29 is 14.7 Å². The Bertz CT molecular complexity index is 1640. The lowest BCUT2D eigenvalue weighted by Gasteiger charge is -2.39. The fraction of sp³-hybridized carbons (Fsp3) is 0.412. The zero-order chi connectivity index (χ0) is 30.4. The SMILES string of the molecule is C[C@H]1CCC[C@@H](c2ncc(-c3ccc(-c4ccc(-c5cnc(C6C7CC[C@H](C7)N6C(=O)CN)[nH]5)cc4)cc3)[nH]2)N1C(=O)CO. The molecule has 2 aromatic carbocycles. The minimum absolute atomic E-state index is 0.00327. The summed E-state index contributed by atoms with van der Waals surface area (Å²) in [5, 5.41) is 9.50. The number of nitrogens with zero attached hydrogens (tertiary/aromatic N) is 4. The normalized spacial score (nSPS) is 24.7. The highest BCUT2D eigenvalue weighted by Gasteiger charge is 2.49. The number of piperidine rings is 2. The van der Waals surface area contributed by atoms with Crippen molar-refractivity contribution >= 4 is 11.8 Å². The molecule has 5 N–H and O–H groups in total. The summed E-state index contributed by atoms with van der Waals surface area (Å²) in [6.07, 6.45) is 9.66. The van der Waals surface area contributed by atoms with Crippen molar-refractivity contribution in [3.05, 3.63) is 72.6 Å². The van der Waals surface area contributed by atoms with E-state index < -0.39 is 6.61 Å². The van der Waals surface area contributed by atoms with Gasteiger partial charge in [0.05, 0.1) is 42.4 Å². The maximum atomic E-state index is 12.6. The number of carbonyl (C=O) groups excluding carboxylic acids is 2. The van der Waals surface area contributed by atoms with Crippen LogP contribution in [0.1, 0.15) is 69.2 Å². The van der Waals surface area contributed by atoms with E-state index in [1.54, 1.807) is 4.90 Å². The molecule has 2 unspecified atom stereocenters. The molecule has 2 aromatic heterocycles. The van der Waals surface area contributed by atoms with E-state index in [9.17, 15) is 14.7 Å². The molecule has 10 nitrogen and oxygen atoms in total. The third-order valence-corrected chi connectivity index (χ3v) is 9.89. The van der Waals surface area contributed by atoms with E-state index in [-0.39, 0.29) is 42.5 Å². The molecule has 2 bridgehead atoms. The topological polar surface area (TPSA) is 144 Å². The molecule has 3 aliphatic rings. The average molecular weight is 594 g/mol. The molecule has 1 saturated carbocycles. The number of hydrogen-bond acceptors (Lipinski definition) is 6. The number of aliphatic hydroxyl groups excluding tert-OH is 1. The fourth-order valence-electron chi connectivity index (χ4n) is 7.74. The molecular formula is C34H39N7O3. The van der Waals surface area contributed by atoms with Crippen LogP contribution < -0.4 is 5.73 Å². The van der Waals surface area contributed by atoms with Crippen molar-refractivity contribution in [2.45, 2.75) is 69.6 Å². The number of aliphatic hydroxyl groups is 1. The Morgan fingerprint density at radius 2 is 1.41 bits per heavy atom. The lowest BCUT2D eigenvalue weighted by Crippen LogP contribution is -2.45. The van der Waals surface area contributed by atoms with Gasteiger partial charge in [-0.15, -0.1) is 0 Å². The van der Waals surface area contributed by atoms with Crippen LogP contribution in [-0.2, 0) is 9.59 Å². The second kappa shape index (κ2) is 11.7. The number of aromatic nitrogens is 4. The van der Waals surface area contributed by atoms with Gasteiger partial charge in [-0.3, -0.25) is 9.59 Å². The Labute approximate surface area is 256 Å². The number of carbonyl (C=O) groups is 2. The van der Waals surface area contributed by atoms with Gasteiger partial charge in [-0.05, 0) is 73.6 Å². The molecule has 2 saturated heterocycles. The molecule has 228 valence electrons. The van der Waals surface area contributed by atoms with Crippen LogP contribution in [-0.4, -0.2) is 71.9 Å². The predicted octanol–water partition coefficient (Wildman–Crippen LogP) is 4.58. The third-order valence-electron chi connectivity index (χ3n) is 9.89. The molecule has 2 amide bonds. The lowest BCUT2D eigenvalue weighted by molar-refractivity contribution is -0.141. The monoisotopic (exact) mass is 593 g/mol. The van der Waals surface area contributed by atoms with E-state index in [1.807, 2.05) is 24.2 Å². The second-order valence-electron chi connectivity index (χ2n) is 12.5. The van der Waals surface area contributed by atoms with E-state index in [0.29, 0.717) is 5.92 Å². The Balaban J connectivity index is 1.05. The van der Waals surface area contributed by atoms with Crippen molar-refractivity contribution in [3.63, 3.8) is 0 Å². The smallest absolute Gasteiger partial charge is 0.249 e. The molecular weight excluding hydrogens is 554 g/mol. The number of likely N-dealkylation sites (tertiary alicyclic amines) is 2. The van der Waals surface area contributed by atoms with Crippen molar-refractivity contribution in [1.82, 2.24) is 29.7 Å². The number of nitrogens with two attached hydrogens (primary N) is 1. The van der Waals surface area contributed by atoms with Gasteiger partial charge in [0.1, 0.15) is 18.3 Å². The second-order valence-corrected chi connectivity index (χ2v) is 12.5. The summed E-state index contributed by atoms with van der Waals surface area (Å²) in [6, 6.07) is 16.9. The highest BCUT2D eigenvalue weighted by atomic mass is 16.3. The van der Waals surface area contributed by atoms with Crippen LogP contribution in [0.4, 0.5) is 0 Å². The molecule has 4 aromatic rings. The van der Waals surface area contributed by atoms with E-state index >= 15 is 0 Å². The molecule has 0 spiro atoms. The molecule has 5 atom stereocenters. The fourth-order valence-corrected chi connectivity index (χ4v) is 7.74. The number of benzene rings is 2. The van der Waals surface area contributed by atoms with Crippen LogP contribution in [0.3, 0.4) is 0 Å². The summed E-state index contributed by atoms with van der Waals surface area (Å²) in [7, 11) is 0. The number of fused-ring (bicyclic) bond motifs is 2. The Kier molecular flexibility index (Phi) is 7.55. The van der Waals surface area contributed by atoms with Gasteiger partial charge >= 0.3 is 0 Å². The molecule has 7 rings (SSSR count). The van der Waals surface area contributed by atoms with Crippen LogP contribution in [0.15, 0.2) is 60.9 Å². The van der Waals surface area contributed by atoms with Crippen molar-refractivity contribution in [1.29, 1.82) is 0 Å². The molecule has 1 aliphatic carbocycles. The highest BCUT2D eigenvalue weighted by molar-refractivity contribution is 5.79. The average Bonchev–Trinajstić information content (AvgIpc) is 3.89. The number of aromatic amines is 2. The molecule has 10 heteroatoms. The number of imidazole rings is 2. The highest BCUT2D eigenvalue weighted by Crippen LogP contribution is 2.49. The number of nitrogens with one attached hydrogen (secondary N) is 2. The van der Waals surface area contributed by atoms with Gasteiger partial charge in [0, 0.05) is 12.1 Å². The number of H-pyrrole nitrogens is 2. The summed E-state index contributed by atoms with van der Waals surface area (Å²) < 4.78 is 0. The molecule has 44 heavy (non-hydrogen) atoms. The zero-order valence-corrected chi connectivity index (χ0v) is 24.9. The van der Waals surface area contributed by atoms with Crippen molar-refractivity contribution in [2.75, 3.05) is 13.2 Å². The van der Waals surface area contributed by atoms with Gasteiger partial charge in [0.25, 0.3) is 0 Å². The van der Waals surface area contributed by atoms with Gasteiger partial charge in [0.2, 0.25) is 11.8 Å². The van der Waals surface area contributed by atoms with Crippen molar-refractivity contribution in [2.24, 2.45) is 11.7 Å². The first-order valence-corrected chi connectivity index (χ1v) is 15.7. The first kappa shape index (κ1) is 28.5. The maximum absolute atomic E-state index is 12.6. The van der Waals surface area contributed by atoms with Crippen LogP contribution in [0.25, 0.3) is 33.6 Å². The largest absolute Gasteiger partial charge is 0.387 e. The van der Waals surface area contributed by atoms with Gasteiger partial charge in [-0.2, -0.15) is 0 Å². The van der Waals surface area contributed by atoms with E-state index in [4.69, 9.17) is 10.7 Å². The minimum atomic E-state index is -0.489. The summed E-state index contributed by atoms with van der Waals surface area (Å²) in [5.41, 5.74) is 11.8. The van der Waals surface area contributed by atoms with Gasteiger partial charge < -0.3 is 30.6 Å². The summed E-state index contributed by atoms with van der Waals surface area (Å²) >= 11 is 0. The van der Waals surface area contributed by atoms with E-state index in [1.165, 1.54) is 0 Å². The Hall–Kier alpha value is -4.28. The zero-order valence-electron chi connectivity index (χ0n) is 24.9. The standard InChI is InChI=1S/C34H39N7O3/c1-20-3-2-4-29(40(20)31(44)19-42)33-36-17-27(38-33)23-9-5-21(6-10-23)22-7-11-24(12-8-22)28-18-37-34(39-28)32-25-13-14-26(15-25)41(32)30(43)16-35/h5-12,17-18,20,25-26,29,32,42H,2-4,13-16,19,35H2,1H3,(H,36,38)(H,37,39)/t20-,25?,26+,29-,32?/m0/s1. The van der Waals surface area contributed by atoms with Gasteiger partial charge in [0.15, 0.2) is 0 Å². The summed E-state index contributed by atoms with van der Waals surface area (Å²) in [6.45, 7) is 1.57. The molecule has 2 aliphatic heterocycles. The lowest BCUT2D eigenvalue weighted by atomic mass is 9.96. The third kappa shape index (κ3) is 5.01. The summed E-state index contributed by atoms with van der Waals surface area (Å²) in [4.78, 5) is 45.1. The Morgan fingerprint density at radius 3 is 2.02 bits per heavy atom. The number of rotatable bonds is 7. The van der Waals surface area contributed by atoms with Crippen molar-refractivity contribution in [3.8, 4) is 33.6 Å². The summed E-state index contributed by atoms with van der Waals surface area (Å²) in [5.74, 6) is 1.79. The number of hydrogen-bond donors (Lipinski definition) is 4. The Morgan fingerprint density at radius 1 is 0.818 bits per heavy atom. The van der Waals surface area contributed by atoms with Crippen LogP contribution in [0, 0.1) is 5.92 Å². The quantitative estimate of drug-likeness (QED) is 0.247. The predicted molar refractivity (Wildman–Crippen MR) is 167 cm³/mol. The van der Waals surface area contributed by atoms with E-state index in [2.05, 4.69) is 63.5 Å². The first-order valence-electron chi connectivity index (χ1n) is 15.7. The van der Waals surface area contributed by atoms with Crippen LogP contribution in [0.5, 0.6) is 0 Å². The van der Waals surface area contributed by atoms with Gasteiger partial charge in [-0.1, -0.05) is 48.5 Å². The molecule has 3 fully saturated rings. The molecule has 0 radical (unpaired) electrons. The molecule has 4 heterocycles. The first-order chi connectivity index (χ1) is 21.4. The van der Waals surface area contributed by atoms with Crippen LogP contribution >= 0.6 is 0 Å². The van der Waals surface area contributed by atoms with Crippen LogP contribution in [0.2, 0.25) is 0 Å².